The van der Waals surface area contributed by atoms with Crippen molar-refractivity contribution in [2.75, 3.05) is 27.2 Å². The first-order valence-electron chi connectivity index (χ1n) is 5.94. The van der Waals surface area contributed by atoms with E-state index in [9.17, 15) is 9.11 Å². The number of benzene rings is 1. The molecule has 2 rings (SSSR count). The first kappa shape index (κ1) is 13.6. The molecule has 0 saturated heterocycles. The summed E-state index contributed by atoms with van der Waals surface area (Å²) in [4.78, 5) is 2.77. The molecular weight excluding hydrogens is 248 g/mol. The van der Waals surface area contributed by atoms with Crippen molar-refractivity contribution in [3.05, 3.63) is 34.7 Å². The van der Waals surface area contributed by atoms with Crippen LogP contribution in [0, 0.1) is 0 Å². The van der Waals surface area contributed by atoms with E-state index in [0.717, 1.165) is 30.8 Å². The molecule has 3 N–H and O–H groups in total. The highest BCUT2D eigenvalue weighted by molar-refractivity contribution is 8.27. The number of nitrogens with one attached hydrogen (secondary N) is 1. The molecule has 1 aliphatic heterocycles. The van der Waals surface area contributed by atoms with Gasteiger partial charge in [0.15, 0.2) is 0 Å². The highest BCUT2D eigenvalue weighted by Gasteiger charge is 2.22. The Bertz CT molecular complexity index is 458. The minimum atomic E-state index is -2.69. The molecule has 1 aromatic carbocycles. The van der Waals surface area contributed by atoms with Gasteiger partial charge in [-0.2, -0.15) is 0 Å². The molecule has 0 fully saturated rings. The third kappa shape index (κ3) is 2.93. The molecule has 1 aromatic rings. The normalized spacial score (nSPS) is 18.1. The second-order valence-corrected chi connectivity index (χ2v) is 6.60. The molecule has 1 heterocycles. The van der Waals surface area contributed by atoms with Crippen molar-refractivity contribution >= 4 is 16.7 Å². The second-order valence-electron chi connectivity index (χ2n) is 4.70. The average Bonchev–Trinajstić information content (AvgIpc) is 2.62. The van der Waals surface area contributed by atoms with Gasteiger partial charge in [0.25, 0.3) is 0 Å². The summed E-state index contributed by atoms with van der Waals surface area (Å²) >= 11 is 0. The lowest BCUT2D eigenvalue weighted by Crippen LogP contribution is -2.26. The van der Waals surface area contributed by atoms with E-state index in [1.807, 2.05) is 32.3 Å². The molecule has 0 aliphatic carbocycles. The van der Waals surface area contributed by atoms with Crippen LogP contribution in [-0.2, 0) is 6.54 Å². The molecule has 0 radical (unpaired) electrons. The Balaban J connectivity index is 2.03. The summed E-state index contributed by atoms with van der Waals surface area (Å²) in [6, 6.07) is 5.68. The van der Waals surface area contributed by atoms with Crippen molar-refractivity contribution in [3.8, 4) is 0 Å². The molecule has 0 amide bonds. The molecule has 0 saturated carbocycles. The van der Waals surface area contributed by atoms with Crippen LogP contribution in [0.5, 0.6) is 0 Å². The summed E-state index contributed by atoms with van der Waals surface area (Å²) in [5.41, 5.74) is 2.06. The average molecular weight is 268 g/mol. The Morgan fingerprint density at radius 1 is 1.28 bits per heavy atom. The Morgan fingerprint density at radius 3 is 2.78 bits per heavy atom. The van der Waals surface area contributed by atoms with Crippen LogP contribution in [0.1, 0.15) is 11.1 Å². The lowest BCUT2D eigenvalue weighted by molar-refractivity contribution is 0.400. The van der Waals surface area contributed by atoms with Crippen molar-refractivity contribution in [2.45, 2.75) is 11.4 Å². The van der Waals surface area contributed by atoms with Gasteiger partial charge in [-0.1, -0.05) is 12.1 Å². The topological polar surface area (TPSA) is 55.7 Å². The van der Waals surface area contributed by atoms with Crippen LogP contribution < -0.4 is 5.32 Å². The maximum Gasteiger partial charge on any atom is 0.0706 e. The van der Waals surface area contributed by atoms with E-state index in [-0.39, 0.29) is 0 Å². The first-order chi connectivity index (χ1) is 8.50. The molecule has 1 aliphatic rings. The number of rotatable bonds is 5. The molecule has 100 valence electrons. The van der Waals surface area contributed by atoms with Gasteiger partial charge < -0.3 is 10.2 Å². The van der Waals surface area contributed by atoms with Gasteiger partial charge in [-0.15, -0.1) is 10.6 Å². The van der Waals surface area contributed by atoms with E-state index in [1.165, 1.54) is 5.41 Å². The van der Waals surface area contributed by atoms with Crippen molar-refractivity contribution in [1.82, 2.24) is 10.2 Å². The van der Waals surface area contributed by atoms with Crippen molar-refractivity contribution in [3.63, 3.8) is 0 Å². The molecular formula is C13H20N2O2S. The fourth-order valence-corrected chi connectivity index (χ4v) is 3.23. The third-order valence-corrected chi connectivity index (χ3v) is 4.47. The number of nitrogens with zero attached hydrogens (tertiary/aromatic N) is 1. The molecule has 4 nitrogen and oxygen atoms in total. The molecule has 18 heavy (non-hydrogen) atoms. The zero-order valence-corrected chi connectivity index (χ0v) is 11.6. The molecule has 0 aromatic heterocycles. The minimum Gasteiger partial charge on any atom is -0.311 e. The van der Waals surface area contributed by atoms with Crippen LogP contribution >= 0.6 is 10.6 Å². The lowest BCUT2D eigenvalue weighted by Gasteiger charge is -2.25. The van der Waals surface area contributed by atoms with E-state index in [0.29, 0.717) is 4.90 Å². The zero-order valence-electron chi connectivity index (χ0n) is 10.8. The van der Waals surface area contributed by atoms with Crippen LogP contribution in [-0.4, -0.2) is 41.2 Å². The SMILES string of the molecule is CN(C)CCNCc1cccc2c1C=CS2(O)O. The Kier molecular flexibility index (Phi) is 4.09. The van der Waals surface area contributed by atoms with Gasteiger partial charge in [0.05, 0.1) is 4.90 Å². The van der Waals surface area contributed by atoms with E-state index in [2.05, 4.69) is 10.2 Å². The van der Waals surface area contributed by atoms with Gasteiger partial charge in [-0.3, -0.25) is 9.11 Å². The standard InChI is InChI=1S/C13H20N2O2S/c1-15(2)8-7-14-10-11-4-3-5-13-12(11)6-9-18(13,16)17/h3-6,9,14,16-17H,7-8,10H2,1-2H3. The Morgan fingerprint density at radius 2 is 2.06 bits per heavy atom. The molecule has 0 spiro atoms. The van der Waals surface area contributed by atoms with Gasteiger partial charge in [0, 0.05) is 30.6 Å². The molecule has 5 heteroatoms. The van der Waals surface area contributed by atoms with Crippen LogP contribution in [0.25, 0.3) is 6.08 Å². The number of fused-ring (bicyclic) bond motifs is 1. The summed E-state index contributed by atoms with van der Waals surface area (Å²) in [6.45, 7) is 2.65. The number of hydrogen-bond donors (Lipinski definition) is 3. The van der Waals surface area contributed by atoms with E-state index in [4.69, 9.17) is 0 Å². The van der Waals surface area contributed by atoms with Crippen molar-refractivity contribution in [1.29, 1.82) is 0 Å². The highest BCUT2D eigenvalue weighted by Crippen LogP contribution is 2.56. The van der Waals surface area contributed by atoms with E-state index >= 15 is 0 Å². The quantitative estimate of drug-likeness (QED) is 0.718. The van der Waals surface area contributed by atoms with Crippen molar-refractivity contribution in [2.24, 2.45) is 0 Å². The van der Waals surface area contributed by atoms with Gasteiger partial charge in [-0.05, 0) is 31.8 Å². The summed E-state index contributed by atoms with van der Waals surface area (Å²) < 4.78 is 19.7. The summed E-state index contributed by atoms with van der Waals surface area (Å²) in [6.07, 6.45) is 1.81. The second kappa shape index (κ2) is 5.42. The maximum atomic E-state index is 9.84. The van der Waals surface area contributed by atoms with Crippen molar-refractivity contribution < 1.29 is 9.11 Å². The fourth-order valence-electron chi connectivity index (χ4n) is 1.96. The summed E-state index contributed by atoms with van der Waals surface area (Å²) in [7, 11) is 1.39. The van der Waals surface area contributed by atoms with E-state index in [1.54, 1.807) is 6.07 Å². The largest absolute Gasteiger partial charge is 0.311 e. The molecule has 0 atom stereocenters. The van der Waals surface area contributed by atoms with Gasteiger partial charge >= 0.3 is 0 Å². The van der Waals surface area contributed by atoms with Gasteiger partial charge in [0.2, 0.25) is 0 Å². The monoisotopic (exact) mass is 268 g/mol. The lowest BCUT2D eigenvalue weighted by atomic mass is 10.1. The van der Waals surface area contributed by atoms with Crippen LogP contribution in [0.2, 0.25) is 0 Å². The number of hydrogen-bond acceptors (Lipinski definition) is 4. The highest BCUT2D eigenvalue weighted by atomic mass is 32.3. The van der Waals surface area contributed by atoms with Gasteiger partial charge in [0.1, 0.15) is 0 Å². The summed E-state index contributed by atoms with van der Waals surface area (Å²) in [5, 5.41) is 4.86. The maximum absolute atomic E-state index is 9.84. The summed E-state index contributed by atoms with van der Waals surface area (Å²) in [5.74, 6) is 0. The fraction of sp³-hybridized carbons (Fsp3) is 0.385. The smallest absolute Gasteiger partial charge is 0.0706 e. The van der Waals surface area contributed by atoms with E-state index < -0.39 is 10.6 Å². The number of likely N-dealkylation sites (N-methyl/N-ethyl adjacent to an activating group) is 1. The van der Waals surface area contributed by atoms with Crippen LogP contribution in [0.15, 0.2) is 28.5 Å². The van der Waals surface area contributed by atoms with Crippen LogP contribution in [0.3, 0.4) is 0 Å². The Hall–Kier alpha value is -0.850. The van der Waals surface area contributed by atoms with Gasteiger partial charge in [-0.25, -0.2) is 0 Å². The molecule has 0 bridgehead atoms. The predicted molar refractivity (Wildman–Crippen MR) is 76.9 cm³/mol. The first-order valence-corrected chi connectivity index (χ1v) is 7.55. The van der Waals surface area contributed by atoms with Crippen LogP contribution in [0.4, 0.5) is 0 Å². The molecule has 0 unspecified atom stereocenters. The third-order valence-electron chi connectivity index (χ3n) is 2.96. The zero-order chi connectivity index (χ0) is 13.2. The minimum absolute atomic E-state index is 0.648. The predicted octanol–water partition coefficient (Wildman–Crippen LogP) is 2.43. The Labute approximate surface area is 110 Å².